The predicted octanol–water partition coefficient (Wildman–Crippen LogP) is 4.02. The molecule has 1 amide bonds. The third-order valence-corrected chi connectivity index (χ3v) is 4.79. The molecular weight excluding hydrogens is 360 g/mol. The van der Waals surface area contributed by atoms with Gasteiger partial charge in [0.2, 0.25) is 0 Å². The van der Waals surface area contributed by atoms with Crippen LogP contribution in [0.5, 0.6) is 0 Å². The molecule has 5 nitrogen and oxygen atoms in total. The normalized spacial score (nSPS) is 14.7. The highest BCUT2D eigenvalue weighted by Gasteiger charge is 2.15. The van der Waals surface area contributed by atoms with Gasteiger partial charge < -0.3 is 15.5 Å². The van der Waals surface area contributed by atoms with E-state index in [0.717, 1.165) is 24.7 Å². The van der Waals surface area contributed by atoms with Crippen LogP contribution in [0.2, 0.25) is 5.02 Å². The number of nitrogens with zero attached hydrogens (tertiary/aromatic N) is 2. The summed E-state index contributed by atoms with van der Waals surface area (Å²) in [5.74, 6) is 0.694. The average molecular weight is 385 g/mol. The molecule has 142 valence electrons. The number of nitrogens with one attached hydrogen (secondary N) is 2. The minimum absolute atomic E-state index is 0.175. The van der Waals surface area contributed by atoms with Crippen LogP contribution in [0.25, 0.3) is 0 Å². The Morgan fingerprint density at radius 3 is 2.44 bits per heavy atom. The van der Waals surface area contributed by atoms with Gasteiger partial charge in [-0.25, -0.2) is 0 Å². The summed E-state index contributed by atoms with van der Waals surface area (Å²) in [6, 6.07) is 17.1. The molecule has 0 aromatic heterocycles. The number of halogens is 1. The lowest BCUT2D eigenvalue weighted by atomic mass is 10.1. The summed E-state index contributed by atoms with van der Waals surface area (Å²) in [5, 5.41) is 6.76. The van der Waals surface area contributed by atoms with E-state index in [0.29, 0.717) is 23.7 Å². The molecule has 0 radical (unpaired) electrons. The van der Waals surface area contributed by atoms with E-state index >= 15 is 0 Å². The largest absolute Gasteiger partial charge is 0.350 e. The van der Waals surface area contributed by atoms with Gasteiger partial charge in [-0.15, -0.1) is 0 Å². The first kappa shape index (κ1) is 19.2. The average Bonchev–Trinajstić information content (AvgIpc) is 2.72. The van der Waals surface area contributed by atoms with E-state index in [-0.39, 0.29) is 5.91 Å². The van der Waals surface area contributed by atoms with Crippen molar-refractivity contribution in [2.24, 2.45) is 4.99 Å². The molecule has 1 aliphatic rings. The first-order valence-corrected chi connectivity index (χ1v) is 9.76. The fraction of sp³-hybridized carbons (Fsp3) is 0.333. The van der Waals surface area contributed by atoms with Crippen molar-refractivity contribution in [2.45, 2.75) is 19.3 Å². The third kappa shape index (κ3) is 5.73. The Labute approximate surface area is 165 Å². The molecule has 0 saturated carbocycles. The Hall–Kier alpha value is -2.53. The van der Waals surface area contributed by atoms with Gasteiger partial charge in [-0.2, -0.15) is 0 Å². The van der Waals surface area contributed by atoms with E-state index < -0.39 is 0 Å². The minimum Gasteiger partial charge on any atom is -0.350 e. The zero-order valence-corrected chi connectivity index (χ0v) is 16.1. The van der Waals surface area contributed by atoms with Gasteiger partial charge in [0.05, 0.1) is 17.1 Å². The van der Waals surface area contributed by atoms with Crippen molar-refractivity contribution in [3.63, 3.8) is 0 Å². The Balaban J connectivity index is 1.59. The van der Waals surface area contributed by atoms with Crippen molar-refractivity contribution in [1.82, 2.24) is 10.2 Å². The molecule has 6 heteroatoms. The SMILES string of the molecule is O=C(NCCN=C(Nc1ccccc1)N1CCCCC1)c1ccccc1Cl. The number of hydrogen-bond acceptors (Lipinski definition) is 2. The number of guanidine groups is 1. The lowest BCUT2D eigenvalue weighted by Crippen LogP contribution is -2.40. The van der Waals surface area contributed by atoms with Crippen molar-refractivity contribution >= 4 is 29.2 Å². The maximum absolute atomic E-state index is 12.2. The molecule has 0 unspecified atom stereocenters. The van der Waals surface area contributed by atoms with Gasteiger partial charge in [0, 0.05) is 25.3 Å². The van der Waals surface area contributed by atoms with E-state index in [2.05, 4.69) is 15.5 Å². The molecule has 1 aliphatic heterocycles. The first-order valence-electron chi connectivity index (χ1n) is 9.38. The molecule has 1 heterocycles. The van der Waals surface area contributed by atoms with Crippen molar-refractivity contribution in [3.05, 3.63) is 65.2 Å². The van der Waals surface area contributed by atoms with Crippen molar-refractivity contribution in [2.75, 3.05) is 31.5 Å². The fourth-order valence-corrected chi connectivity index (χ4v) is 3.27. The monoisotopic (exact) mass is 384 g/mol. The van der Waals surface area contributed by atoms with Gasteiger partial charge >= 0.3 is 0 Å². The van der Waals surface area contributed by atoms with Gasteiger partial charge in [0.1, 0.15) is 0 Å². The number of benzene rings is 2. The molecule has 0 spiro atoms. The number of aliphatic imine (C=N–C) groups is 1. The van der Waals surface area contributed by atoms with E-state index in [4.69, 9.17) is 16.6 Å². The number of hydrogen-bond donors (Lipinski definition) is 2. The van der Waals surface area contributed by atoms with Crippen LogP contribution in [0.1, 0.15) is 29.6 Å². The van der Waals surface area contributed by atoms with Gasteiger partial charge in [-0.3, -0.25) is 9.79 Å². The Kier molecular flexibility index (Phi) is 7.11. The Morgan fingerprint density at radius 2 is 1.70 bits per heavy atom. The second-order valence-corrected chi connectivity index (χ2v) is 6.89. The smallest absolute Gasteiger partial charge is 0.252 e. The van der Waals surface area contributed by atoms with Crippen LogP contribution in [0.4, 0.5) is 5.69 Å². The quantitative estimate of drug-likeness (QED) is 0.465. The van der Waals surface area contributed by atoms with Gasteiger partial charge in [-0.1, -0.05) is 41.9 Å². The molecule has 0 atom stereocenters. The number of likely N-dealkylation sites (tertiary alicyclic amines) is 1. The highest BCUT2D eigenvalue weighted by atomic mass is 35.5. The summed E-state index contributed by atoms with van der Waals surface area (Å²) in [6.45, 7) is 2.97. The van der Waals surface area contributed by atoms with Crippen LogP contribution >= 0.6 is 11.6 Å². The second kappa shape index (κ2) is 9.97. The zero-order valence-electron chi connectivity index (χ0n) is 15.3. The minimum atomic E-state index is -0.175. The van der Waals surface area contributed by atoms with Crippen molar-refractivity contribution in [3.8, 4) is 0 Å². The summed E-state index contributed by atoms with van der Waals surface area (Å²) in [5.41, 5.74) is 1.50. The molecule has 2 aromatic rings. The number of rotatable bonds is 5. The number of carbonyl (C=O) groups is 1. The van der Waals surface area contributed by atoms with E-state index in [9.17, 15) is 4.79 Å². The van der Waals surface area contributed by atoms with Gasteiger partial charge in [0.25, 0.3) is 5.91 Å². The highest BCUT2D eigenvalue weighted by molar-refractivity contribution is 6.33. The second-order valence-electron chi connectivity index (χ2n) is 6.48. The first-order chi connectivity index (χ1) is 13.2. The summed E-state index contributed by atoms with van der Waals surface area (Å²) >= 11 is 6.07. The number of piperidine rings is 1. The van der Waals surface area contributed by atoms with E-state index in [1.807, 2.05) is 36.4 Å². The molecule has 0 bridgehead atoms. The number of amides is 1. The zero-order chi connectivity index (χ0) is 18.9. The molecule has 1 fully saturated rings. The summed E-state index contributed by atoms with van der Waals surface area (Å²) in [4.78, 5) is 19.2. The highest BCUT2D eigenvalue weighted by Crippen LogP contribution is 2.14. The van der Waals surface area contributed by atoms with Crippen molar-refractivity contribution in [1.29, 1.82) is 0 Å². The standard InChI is InChI=1S/C21H25ClN4O/c22-19-12-6-5-11-18(19)20(27)23-13-14-24-21(26-15-7-2-8-16-26)25-17-9-3-1-4-10-17/h1,3-6,9-12H,2,7-8,13-16H2,(H,23,27)(H,24,25). The van der Waals surface area contributed by atoms with E-state index in [1.165, 1.54) is 19.3 Å². The topological polar surface area (TPSA) is 56.7 Å². The van der Waals surface area contributed by atoms with Crippen LogP contribution < -0.4 is 10.6 Å². The number of carbonyl (C=O) groups excluding carboxylic acids is 1. The number of para-hydroxylation sites is 1. The Morgan fingerprint density at radius 1 is 1.00 bits per heavy atom. The molecule has 2 N–H and O–H groups in total. The van der Waals surface area contributed by atoms with Crippen molar-refractivity contribution < 1.29 is 4.79 Å². The molecular formula is C21H25ClN4O. The summed E-state index contributed by atoms with van der Waals surface area (Å²) in [7, 11) is 0. The molecule has 1 saturated heterocycles. The van der Waals surface area contributed by atoms with Crippen LogP contribution in [0.15, 0.2) is 59.6 Å². The van der Waals surface area contributed by atoms with E-state index in [1.54, 1.807) is 18.2 Å². The molecule has 2 aromatic carbocycles. The molecule has 27 heavy (non-hydrogen) atoms. The third-order valence-electron chi connectivity index (χ3n) is 4.46. The lowest BCUT2D eigenvalue weighted by molar-refractivity contribution is 0.0955. The fourth-order valence-electron chi connectivity index (χ4n) is 3.05. The van der Waals surface area contributed by atoms with Crippen LogP contribution in [-0.4, -0.2) is 42.9 Å². The maximum atomic E-state index is 12.2. The van der Waals surface area contributed by atoms with Crippen LogP contribution in [0, 0.1) is 0 Å². The Bertz CT molecular complexity index is 773. The maximum Gasteiger partial charge on any atom is 0.252 e. The summed E-state index contributed by atoms with van der Waals surface area (Å²) < 4.78 is 0. The van der Waals surface area contributed by atoms with Gasteiger partial charge in [0.15, 0.2) is 5.96 Å². The molecule has 0 aliphatic carbocycles. The predicted molar refractivity (Wildman–Crippen MR) is 112 cm³/mol. The van der Waals surface area contributed by atoms with Gasteiger partial charge in [-0.05, 0) is 43.5 Å². The summed E-state index contributed by atoms with van der Waals surface area (Å²) in [6.07, 6.45) is 3.63. The lowest BCUT2D eigenvalue weighted by Gasteiger charge is -2.30. The molecule has 3 rings (SSSR count). The van der Waals surface area contributed by atoms with Crippen LogP contribution in [-0.2, 0) is 0 Å². The number of anilines is 1. The van der Waals surface area contributed by atoms with Crippen LogP contribution in [0.3, 0.4) is 0 Å².